The molecule has 2 aromatic rings. The van der Waals surface area contributed by atoms with Crippen LogP contribution in [0.5, 0.6) is 11.5 Å². The molecular weight excluding hydrogens is 295 g/mol. The van der Waals surface area contributed by atoms with E-state index in [1.54, 1.807) is 36.4 Å². The molecule has 0 N–H and O–H groups in total. The van der Waals surface area contributed by atoms with Gasteiger partial charge in [0.1, 0.15) is 5.75 Å². The summed E-state index contributed by atoms with van der Waals surface area (Å²) in [6.45, 7) is 0. The van der Waals surface area contributed by atoms with Crippen LogP contribution in [-0.2, 0) is 4.57 Å². The van der Waals surface area contributed by atoms with Crippen LogP contribution in [0.2, 0.25) is 0 Å². The smallest absolute Gasteiger partial charge is 0.418 e. The highest BCUT2D eigenvalue weighted by molar-refractivity contribution is 7.34. The highest BCUT2D eigenvalue weighted by atomic mass is 31.1. The van der Waals surface area contributed by atoms with Crippen molar-refractivity contribution in [2.45, 2.75) is 0 Å². The first-order valence-electron chi connectivity index (χ1n) is 5.73. The Kier molecular flexibility index (Phi) is 4.54. The quantitative estimate of drug-likeness (QED) is 0.477. The number of nitro groups is 1. The zero-order chi connectivity index (χ0) is 15.2. The van der Waals surface area contributed by atoms with Crippen LogP contribution in [0, 0.1) is 21.4 Å². The van der Waals surface area contributed by atoms with Crippen LogP contribution in [0.3, 0.4) is 0 Å². The van der Waals surface area contributed by atoms with Crippen LogP contribution in [-0.4, -0.2) is 4.92 Å². The Labute approximate surface area is 120 Å². The van der Waals surface area contributed by atoms with Gasteiger partial charge in [-0.2, -0.15) is 5.26 Å². The Morgan fingerprint density at radius 3 is 2.48 bits per heavy atom. The van der Waals surface area contributed by atoms with E-state index in [2.05, 4.69) is 0 Å². The van der Waals surface area contributed by atoms with Gasteiger partial charge in [-0.05, 0) is 24.3 Å². The molecule has 0 saturated heterocycles. The number of para-hydroxylation sites is 1. The second-order valence-electron chi connectivity index (χ2n) is 3.82. The van der Waals surface area contributed by atoms with Crippen LogP contribution < -0.4 is 9.05 Å². The minimum Gasteiger partial charge on any atom is -0.418 e. The summed E-state index contributed by atoms with van der Waals surface area (Å²) < 4.78 is 21.8. The van der Waals surface area contributed by atoms with E-state index in [1.165, 1.54) is 12.1 Å². The molecule has 0 saturated carbocycles. The van der Waals surface area contributed by atoms with Crippen molar-refractivity contribution in [3.63, 3.8) is 0 Å². The van der Waals surface area contributed by atoms with Crippen molar-refractivity contribution in [2.75, 3.05) is 0 Å². The Morgan fingerprint density at radius 2 is 1.86 bits per heavy atom. The highest BCUT2D eigenvalue weighted by Crippen LogP contribution is 2.36. The molecule has 0 aliphatic carbocycles. The third kappa shape index (κ3) is 3.81. The van der Waals surface area contributed by atoms with Gasteiger partial charge in [0.05, 0.1) is 16.6 Å². The number of hydrogen-bond acceptors (Lipinski definition) is 6. The van der Waals surface area contributed by atoms with Crippen molar-refractivity contribution in [3.8, 4) is 17.6 Å². The number of nitrogens with zero attached hydrogens (tertiary/aromatic N) is 2. The monoisotopic (exact) mass is 304 g/mol. The summed E-state index contributed by atoms with van der Waals surface area (Å²) in [5.41, 5.74) is -0.332. The molecule has 21 heavy (non-hydrogen) atoms. The molecule has 0 bridgehead atoms. The van der Waals surface area contributed by atoms with Gasteiger partial charge in [0.2, 0.25) is 5.75 Å². The van der Waals surface area contributed by atoms with E-state index in [-0.39, 0.29) is 11.3 Å². The molecule has 0 radical (unpaired) electrons. The summed E-state index contributed by atoms with van der Waals surface area (Å²) >= 11 is 0. The maximum Gasteiger partial charge on any atom is 0.419 e. The second kappa shape index (κ2) is 6.55. The fourth-order valence-electron chi connectivity index (χ4n) is 1.51. The third-order valence-electron chi connectivity index (χ3n) is 2.42. The largest absolute Gasteiger partial charge is 0.419 e. The molecule has 2 aromatic carbocycles. The van der Waals surface area contributed by atoms with Gasteiger partial charge in [-0.3, -0.25) is 10.1 Å². The van der Waals surface area contributed by atoms with Gasteiger partial charge < -0.3 is 9.05 Å². The minimum absolute atomic E-state index is 0.109. The van der Waals surface area contributed by atoms with Gasteiger partial charge in [0.15, 0.2) is 0 Å². The van der Waals surface area contributed by atoms with Crippen LogP contribution in [0.25, 0.3) is 0 Å². The molecular formula is C13H9N2O5P. The van der Waals surface area contributed by atoms with E-state index in [0.717, 1.165) is 6.07 Å². The lowest BCUT2D eigenvalue weighted by Crippen LogP contribution is -1.95. The fraction of sp³-hybridized carbons (Fsp3) is 0. The highest BCUT2D eigenvalue weighted by Gasteiger charge is 2.18. The first-order valence-corrected chi connectivity index (χ1v) is 6.96. The maximum absolute atomic E-state index is 11.8. The van der Waals surface area contributed by atoms with E-state index >= 15 is 0 Å². The molecule has 0 aliphatic heterocycles. The van der Waals surface area contributed by atoms with Gasteiger partial charge >= 0.3 is 13.9 Å². The lowest BCUT2D eigenvalue weighted by atomic mass is 10.2. The second-order valence-corrected chi connectivity index (χ2v) is 4.73. The number of rotatable bonds is 5. The molecule has 0 heterocycles. The summed E-state index contributed by atoms with van der Waals surface area (Å²) in [6.07, 6.45) is 0. The van der Waals surface area contributed by atoms with E-state index < -0.39 is 18.9 Å². The normalized spacial score (nSPS) is 11.2. The zero-order valence-electron chi connectivity index (χ0n) is 10.6. The first-order chi connectivity index (χ1) is 10.1. The summed E-state index contributed by atoms with van der Waals surface area (Å²) in [7, 11) is -3.01. The zero-order valence-corrected chi connectivity index (χ0v) is 11.6. The predicted octanol–water partition coefficient (Wildman–Crippen LogP) is 3.31. The van der Waals surface area contributed by atoms with Gasteiger partial charge in [-0.1, -0.05) is 18.2 Å². The lowest BCUT2D eigenvalue weighted by Gasteiger charge is -2.08. The Hall–Kier alpha value is -2.84. The Morgan fingerprint density at radius 1 is 1.14 bits per heavy atom. The van der Waals surface area contributed by atoms with Gasteiger partial charge in [0.25, 0.3) is 0 Å². The average molecular weight is 304 g/mol. The number of nitriles is 1. The summed E-state index contributed by atoms with van der Waals surface area (Å²) in [6, 6.07) is 13.7. The third-order valence-corrected chi connectivity index (χ3v) is 3.21. The Bertz CT molecular complexity index is 727. The van der Waals surface area contributed by atoms with Crippen LogP contribution in [0.4, 0.5) is 5.69 Å². The summed E-state index contributed by atoms with van der Waals surface area (Å²) in [4.78, 5) is 10.2. The van der Waals surface area contributed by atoms with E-state index in [9.17, 15) is 14.7 Å². The van der Waals surface area contributed by atoms with Crippen molar-refractivity contribution >= 4 is 13.9 Å². The van der Waals surface area contributed by atoms with Crippen molar-refractivity contribution in [2.24, 2.45) is 0 Å². The van der Waals surface area contributed by atoms with Gasteiger partial charge in [-0.15, -0.1) is 0 Å². The summed E-state index contributed by atoms with van der Waals surface area (Å²) in [5, 5.41) is 19.6. The number of hydrogen-bond donors (Lipinski definition) is 0. The molecule has 0 aromatic heterocycles. The van der Waals surface area contributed by atoms with Crippen molar-refractivity contribution < 1.29 is 18.5 Å². The van der Waals surface area contributed by atoms with E-state index in [1.807, 2.05) is 0 Å². The minimum atomic E-state index is -3.01. The molecule has 0 fully saturated rings. The number of nitro benzene ring substituents is 1. The Balaban J connectivity index is 2.18. The first kappa shape index (κ1) is 14.6. The van der Waals surface area contributed by atoms with Gasteiger partial charge in [0, 0.05) is 6.07 Å². The van der Waals surface area contributed by atoms with Crippen molar-refractivity contribution in [3.05, 3.63) is 64.2 Å². The molecule has 1 unspecified atom stereocenters. The van der Waals surface area contributed by atoms with Crippen LogP contribution in [0.15, 0.2) is 48.5 Å². The fourth-order valence-corrected chi connectivity index (χ4v) is 2.23. The molecule has 106 valence electrons. The molecule has 0 aliphatic rings. The molecule has 8 heteroatoms. The van der Waals surface area contributed by atoms with Crippen molar-refractivity contribution in [1.29, 1.82) is 5.26 Å². The van der Waals surface area contributed by atoms with Gasteiger partial charge in [-0.25, -0.2) is 4.57 Å². The summed E-state index contributed by atoms with van der Waals surface area (Å²) in [5.74, 6) is 0.122. The van der Waals surface area contributed by atoms with E-state index in [0.29, 0.717) is 5.75 Å². The lowest BCUT2D eigenvalue weighted by molar-refractivity contribution is -0.385. The average Bonchev–Trinajstić information content (AvgIpc) is 2.48. The van der Waals surface area contributed by atoms with Crippen molar-refractivity contribution in [1.82, 2.24) is 0 Å². The molecule has 1 atom stereocenters. The predicted molar refractivity (Wildman–Crippen MR) is 74.5 cm³/mol. The molecule has 2 rings (SSSR count). The number of benzene rings is 2. The topological polar surface area (TPSA) is 102 Å². The molecule has 7 nitrogen and oxygen atoms in total. The van der Waals surface area contributed by atoms with E-state index in [4.69, 9.17) is 14.3 Å². The molecule has 0 amide bonds. The maximum atomic E-state index is 11.8. The standard InChI is InChI=1S/C13H9N2O5P/c14-9-10-6-7-13(12(8-10)15(16)17)20-21(18)19-11-4-2-1-3-5-11/h1-8,21H. The SMILES string of the molecule is N#Cc1ccc(O[PH](=O)Oc2ccccc2)c([N+](=O)[O-])c1. The van der Waals surface area contributed by atoms with Crippen LogP contribution in [0.1, 0.15) is 5.56 Å². The van der Waals surface area contributed by atoms with Crippen LogP contribution >= 0.6 is 8.25 Å². The molecule has 0 spiro atoms.